The van der Waals surface area contributed by atoms with Gasteiger partial charge in [-0.3, -0.25) is 9.59 Å². The molecule has 116 valence electrons. The predicted molar refractivity (Wildman–Crippen MR) is 77.8 cm³/mol. The summed E-state index contributed by atoms with van der Waals surface area (Å²) in [6, 6.07) is 0. The Morgan fingerprint density at radius 3 is 2.24 bits per heavy atom. The van der Waals surface area contributed by atoms with E-state index in [1.165, 1.54) is 13.0 Å². The molecule has 1 fully saturated rings. The summed E-state index contributed by atoms with van der Waals surface area (Å²) < 4.78 is 5.52. The van der Waals surface area contributed by atoms with E-state index < -0.39 is 5.91 Å². The molecule has 21 heavy (non-hydrogen) atoms. The summed E-state index contributed by atoms with van der Waals surface area (Å²) in [4.78, 5) is 24.0. The van der Waals surface area contributed by atoms with E-state index in [1.807, 2.05) is 0 Å². The van der Waals surface area contributed by atoms with Crippen molar-refractivity contribution in [1.29, 1.82) is 5.41 Å². The number of allylic oxidation sites excluding steroid dienone is 1. The summed E-state index contributed by atoms with van der Waals surface area (Å²) in [5.74, 6) is -0.711. The van der Waals surface area contributed by atoms with E-state index in [2.05, 4.69) is 0 Å². The molecule has 0 aromatic heterocycles. The maximum atomic E-state index is 11.2. The largest absolute Gasteiger partial charge is 0.476 e. The summed E-state index contributed by atoms with van der Waals surface area (Å²) >= 11 is 0. The second-order valence-corrected chi connectivity index (χ2v) is 4.75. The van der Waals surface area contributed by atoms with Crippen molar-refractivity contribution in [3.63, 3.8) is 0 Å². The van der Waals surface area contributed by atoms with Crippen LogP contribution in [-0.4, -0.2) is 42.1 Å². The van der Waals surface area contributed by atoms with Crippen molar-refractivity contribution in [3.8, 4) is 0 Å². The molecule has 1 saturated heterocycles. The summed E-state index contributed by atoms with van der Waals surface area (Å²) in [6.07, 6.45) is 3.27. The third-order valence-electron chi connectivity index (χ3n) is 3.21. The number of piperidine rings is 1. The van der Waals surface area contributed by atoms with Crippen LogP contribution in [0.1, 0.15) is 19.8 Å². The molecule has 0 radical (unpaired) electrons. The normalized spacial score (nSPS) is 18.0. The summed E-state index contributed by atoms with van der Waals surface area (Å²) in [5, 5.41) is 7.07. The minimum absolute atomic E-state index is 0.0174. The topological polar surface area (TPSA) is 149 Å². The maximum absolute atomic E-state index is 11.2. The number of hydrogen-bond donors (Lipinski definition) is 4. The average molecular weight is 295 g/mol. The SMILES string of the molecule is CC(=O)N1CCC(OC(N)=CC(N)=C(C=N)C(N)=O)CC1. The van der Waals surface area contributed by atoms with Gasteiger partial charge in [-0.15, -0.1) is 0 Å². The Balaban J connectivity index is 2.63. The van der Waals surface area contributed by atoms with Crippen molar-refractivity contribution < 1.29 is 14.3 Å². The first kappa shape index (κ1) is 16.5. The molecular formula is C13H21N5O3. The lowest BCUT2D eigenvalue weighted by molar-refractivity contribution is -0.131. The van der Waals surface area contributed by atoms with Gasteiger partial charge in [-0.25, -0.2) is 0 Å². The highest BCUT2D eigenvalue weighted by molar-refractivity contribution is 6.11. The molecule has 8 heteroatoms. The maximum Gasteiger partial charge on any atom is 0.252 e. The molecule has 0 unspecified atom stereocenters. The number of primary amides is 1. The number of carbonyl (C=O) groups excluding carboxylic acids is 2. The smallest absolute Gasteiger partial charge is 0.252 e. The number of nitrogens with zero attached hydrogens (tertiary/aromatic N) is 1. The molecule has 0 spiro atoms. The Labute approximate surface area is 123 Å². The zero-order valence-corrected chi connectivity index (χ0v) is 12.0. The zero-order valence-electron chi connectivity index (χ0n) is 12.0. The predicted octanol–water partition coefficient (Wildman–Crippen LogP) is -0.838. The number of ether oxygens (including phenoxy) is 1. The summed E-state index contributed by atoms with van der Waals surface area (Å²) in [5.41, 5.74) is 16.3. The van der Waals surface area contributed by atoms with Crippen LogP contribution in [0, 0.1) is 5.41 Å². The van der Waals surface area contributed by atoms with E-state index in [9.17, 15) is 9.59 Å². The number of hydrogen-bond acceptors (Lipinski definition) is 6. The first-order valence-corrected chi connectivity index (χ1v) is 6.54. The van der Waals surface area contributed by atoms with Gasteiger partial charge in [-0.2, -0.15) is 0 Å². The van der Waals surface area contributed by atoms with Crippen molar-refractivity contribution >= 4 is 18.0 Å². The summed E-state index contributed by atoms with van der Waals surface area (Å²) in [6.45, 7) is 2.76. The van der Waals surface area contributed by atoms with Gasteiger partial charge in [0, 0.05) is 45.1 Å². The minimum atomic E-state index is -0.804. The van der Waals surface area contributed by atoms with Crippen molar-refractivity contribution in [2.75, 3.05) is 13.1 Å². The number of nitrogens with two attached hydrogens (primary N) is 3. The Hall–Kier alpha value is -2.51. The molecule has 1 heterocycles. The van der Waals surface area contributed by atoms with Gasteiger partial charge in [0.2, 0.25) is 5.91 Å². The monoisotopic (exact) mass is 295 g/mol. The molecule has 0 saturated carbocycles. The molecule has 2 amide bonds. The van der Waals surface area contributed by atoms with Gasteiger partial charge in [0.1, 0.15) is 6.10 Å². The molecular weight excluding hydrogens is 274 g/mol. The number of rotatable bonds is 5. The highest BCUT2D eigenvalue weighted by Gasteiger charge is 2.22. The van der Waals surface area contributed by atoms with Crippen molar-refractivity contribution in [3.05, 3.63) is 23.2 Å². The van der Waals surface area contributed by atoms with Crippen molar-refractivity contribution in [1.82, 2.24) is 4.90 Å². The Morgan fingerprint density at radius 1 is 1.24 bits per heavy atom. The van der Waals surface area contributed by atoms with Crippen LogP contribution in [0.3, 0.4) is 0 Å². The standard InChI is InChI=1S/C13H21N5O3/c1-8(19)18-4-2-9(3-5-18)21-12(16)6-11(15)10(7-14)13(17)20/h6-7,9,14H,2-5,15-16H2,1H3,(H2,17,20). The van der Waals surface area contributed by atoms with Gasteiger partial charge in [-0.1, -0.05) is 0 Å². The lowest BCUT2D eigenvalue weighted by Crippen LogP contribution is -2.40. The minimum Gasteiger partial charge on any atom is -0.476 e. The van der Waals surface area contributed by atoms with Gasteiger partial charge in [0.25, 0.3) is 5.91 Å². The van der Waals surface area contributed by atoms with Crippen LogP contribution in [-0.2, 0) is 14.3 Å². The van der Waals surface area contributed by atoms with Crippen LogP contribution in [0.15, 0.2) is 23.2 Å². The first-order valence-electron chi connectivity index (χ1n) is 6.54. The number of carbonyl (C=O) groups is 2. The molecule has 0 aromatic carbocycles. The molecule has 0 bridgehead atoms. The fourth-order valence-electron chi connectivity index (χ4n) is 2.04. The Kier molecular flexibility index (Phi) is 5.77. The fraction of sp³-hybridized carbons (Fsp3) is 0.462. The van der Waals surface area contributed by atoms with Crippen LogP contribution in [0.2, 0.25) is 0 Å². The van der Waals surface area contributed by atoms with Gasteiger partial charge in [0.15, 0.2) is 5.88 Å². The average Bonchev–Trinajstić information content (AvgIpc) is 2.39. The van der Waals surface area contributed by atoms with Crippen LogP contribution in [0.25, 0.3) is 0 Å². The van der Waals surface area contributed by atoms with E-state index in [1.54, 1.807) is 4.90 Å². The summed E-state index contributed by atoms with van der Waals surface area (Å²) in [7, 11) is 0. The lowest BCUT2D eigenvalue weighted by atomic mass is 10.1. The van der Waals surface area contributed by atoms with Crippen molar-refractivity contribution in [2.45, 2.75) is 25.9 Å². The second kappa shape index (κ2) is 7.32. The van der Waals surface area contributed by atoms with Crippen LogP contribution < -0.4 is 17.2 Å². The number of likely N-dealkylation sites (tertiary alicyclic amines) is 1. The molecule has 7 N–H and O–H groups in total. The van der Waals surface area contributed by atoms with E-state index in [4.69, 9.17) is 27.3 Å². The third-order valence-corrected chi connectivity index (χ3v) is 3.21. The van der Waals surface area contributed by atoms with Crippen molar-refractivity contribution in [2.24, 2.45) is 17.2 Å². The van der Waals surface area contributed by atoms with E-state index in [-0.39, 0.29) is 29.2 Å². The molecule has 0 atom stereocenters. The number of amides is 2. The molecule has 1 rings (SSSR count). The number of nitrogens with one attached hydrogen (secondary N) is 1. The highest BCUT2D eigenvalue weighted by Crippen LogP contribution is 2.15. The molecule has 0 aromatic rings. The van der Waals surface area contributed by atoms with Crippen LogP contribution >= 0.6 is 0 Å². The Morgan fingerprint density at radius 2 is 1.81 bits per heavy atom. The Bertz CT molecular complexity index is 490. The van der Waals surface area contributed by atoms with E-state index in [0.717, 1.165) is 6.21 Å². The zero-order chi connectivity index (χ0) is 16.0. The van der Waals surface area contributed by atoms with Gasteiger partial charge >= 0.3 is 0 Å². The van der Waals surface area contributed by atoms with Crippen LogP contribution in [0.4, 0.5) is 0 Å². The first-order chi connectivity index (χ1) is 9.85. The molecule has 0 aliphatic carbocycles. The van der Waals surface area contributed by atoms with E-state index in [0.29, 0.717) is 25.9 Å². The van der Waals surface area contributed by atoms with Gasteiger partial charge in [-0.05, 0) is 0 Å². The van der Waals surface area contributed by atoms with Gasteiger partial charge in [0.05, 0.1) is 11.3 Å². The molecule has 8 nitrogen and oxygen atoms in total. The molecule has 1 aliphatic heterocycles. The van der Waals surface area contributed by atoms with E-state index >= 15 is 0 Å². The second-order valence-electron chi connectivity index (χ2n) is 4.75. The van der Waals surface area contributed by atoms with Gasteiger partial charge < -0.3 is 32.2 Å². The molecule has 1 aliphatic rings. The third kappa shape index (κ3) is 4.83. The quantitative estimate of drug-likeness (QED) is 0.226. The lowest BCUT2D eigenvalue weighted by Gasteiger charge is -2.31. The highest BCUT2D eigenvalue weighted by atomic mass is 16.5. The van der Waals surface area contributed by atoms with Crippen LogP contribution in [0.5, 0.6) is 0 Å². The fourth-order valence-corrected chi connectivity index (χ4v) is 2.04.